The molecule has 5 heteroatoms. The van der Waals surface area contributed by atoms with Gasteiger partial charge in [-0.3, -0.25) is 4.79 Å². The quantitative estimate of drug-likeness (QED) is 0.774. The van der Waals surface area contributed by atoms with Gasteiger partial charge in [0, 0.05) is 4.88 Å². The van der Waals surface area contributed by atoms with Crippen molar-refractivity contribution >= 4 is 23.2 Å². The monoisotopic (exact) mass is 297 g/mol. The summed E-state index contributed by atoms with van der Waals surface area (Å²) < 4.78 is 0. The second-order valence-corrected chi connectivity index (χ2v) is 5.95. The minimum atomic E-state index is -0.971. The molecular weight excluding hydrogens is 274 g/mol. The molecular formula is C15H23NO3S. The molecule has 0 aliphatic carbocycles. The van der Waals surface area contributed by atoms with Crippen LogP contribution in [0.2, 0.25) is 0 Å². The van der Waals surface area contributed by atoms with Gasteiger partial charge >= 0.3 is 5.97 Å². The van der Waals surface area contributed by atoms with E-state index >= 15 is 0 Å². The van der Waals surface area contributed by atoms with Gasteiger partial charge in [-0.05, 0) is 30.9 Å². The van der Waals surface area contributed by atoms with Crippen molar-refractivity contribution < 1.29 is 14.7 Å². The van der Waals surface area contributed by atoms with Crippen LogP contribution in [-0.2, 0) is 17.6 Å². The summed E-state index contributed by atoms with van der Waals surface area (Å²) >= 11 is 1.48. The van der Waals surface area contributed by atoms with Crippen LogP contribution >= 0.6 is 11.3 Å². The molecule has 0 unspecified atom stereocenters. The highest BCUT2D eigenvalue weighted by Crippen LogP contribution is 2.24. The van der Waals surface area contributed by atoms with Gasteiger partial charge in [0.05, 0.1) is 4.88 Å². The van der Waals surface area contributed by atoms with E-state index < -0.39 is 12.0 Å². The van der Waals surface area contributed by atoms with Crippen LogP contribution in [0.25, 0.3) is 0 Å². The molecule has 2 N–H and O–H groups in total. The van der Waals surface area contributed by atoms with E-state index in [9.17, 15) is 9.59 Å². The first kappa shape index (κ1) is 16.7. The van der Waals surface area contributed by atoms with Crippen molar-refractivity contribution in [2.75, 3.05) is 0 Å². The lowest BCUT2D eigenvalue weighted by molar-refractivity contribution is -0.139. The summed E-state index contributed by atoms with van der Waals surface area (Å²) in [6, 6.07) is 1.10. The fourth-order valence-corrected chi connectivity index (χ4v) is 3.35. The van der Waals surface area contributed by atoms with Crippen LogP contribution < -0.4 is 5.32 Å². The van der Waals surface area contributed by atoms with E-state index in [1.54, 1.807) is 0 Å². The van der Waals surface area contributed by atoms with Crippen LogP contribution in [0.1, 0.15) is 60.1 Å². The Labute approximate surface area is 124 Å². The summed E-state index contributed by atoms with van der Waals surface area (Å²) in [4.78, 5) is 25.1. The molecule has 0 aromatic carbocycles. The Balaban J connectivity index is 2.83. The first-order chi connectivity index (χ1) is 9.53. The van der Waals surface area contributed by atoms with Crippen LogP contribution in [0.4, 0.5) is 0 Å². The van der Waals surface area contributed by atoms with Crippen LogP contribution in [0, 0.1) is 0 Å². The summed E-state index contributed by atoms with van der Waals surface area (Å²) in [7, 11) is 0. The minimum Gasteiger partial charge on any atom is -0.480 e. The molecule has 1 heterocycles. The molecule has 0 aliphatic heterocycles. The Hall–Kier alpha value is -1.36. The zero-order valence-corrected chi connectivity index (χ0v) is 13.2. The maximum Gasteiger partial charge on any atom is 0.326 e. The molecule has 112 valence electrons. The molecule has 1 rings (SSSR count). The van der Waals surface area contributed by atoms with Gasteiger partial charge in [0.2, 0.25) is 0 Å². The number of carbonyl (C=O) groups excluding carboxylic acids is 1. The Morgan fingerprint density at radius 1 is 1.30 bits per heavy atom. The summed E-state index contributed by atoms with van der Waals surface area (Å²) in [5, 5.41) is 11.7. The highest BCUT2D eigenvalue weighted by atomic mass is 32.1. The minimum absolute atomic E-state index is 0.270. The lowest BCUT2D eigenvalue weighted by atomic mass is 10.1. The fraction of sp³-hybridized carbons (Fsp3) is 0.600. The number of aliphatic carboxylic acids is 1. The van der Waals surface area contributed by atoms with Crippen molar-refractivity contribution in [3.63, 3.8) is 0 Å². The molecule has 0 saturated carbocycles. The topological polar surface area (TPSA) is 66.4 Å². The normalized spacial score (nSPS) is 12.2. The maximum atomic E-state index is 12.2. The summed E-state index contributed by atoms with van der Waals surface area (Å²) in [5.74, 6) is -1.24. The van der Waals surface area contributed by atoms with Crippen LogP contribution in [0.15, 0.2) is 6.07 Å². The zero-order chi connectivity index (χ0) is 15.1. The molecule has 0 aliphatic rings. The number of amides is 1. The molecule has 0 spiro atoms. The smallest absolute Gasteiger partial charge is 0.326 e. The Morgan fingerprint density at radius 3 is 2.50 bits per heavy atom. The van der Waals surface area contributed by atoms with Crippen LogP contribution in [-0.4, -0.2) is 23.0 Å². The van der Waals surface area contributed by atoms with Crippen LogP contribution in [0.3, 0.4) is 0 Å². The Morgan fingerprint density at radius 2 is 2.00 bits per heavy atom. The lowest BCUT2D eigenvalue weighted by Gasteiger charge is -2.12. The molecule has 1 atom stereocenters. The van der Waals surface area contributed by atoms with E-state index in [2.05, 4.69) is 19.2 Å². The Kier molecular flexibility index (Phi) is 6.71. The van der Waals surface area contributed by atoms with Gasteiger partial charge in [0.25, 0.3) is 5.91 Å². The lowest BCUT2D eigenvalue weighted by Crippen LogP contribution is -2.40. The third-order valence-corrected chi connectivity index (χ3v) is 4.40. The number of aryl methyl sites for hydroxylation is 2. The van der Waals surface area contributed by atoms with Gasteiger partial charge in [0.1, 0.15) is 6.04 Å². The molecule has 1 aromatic heterocycles. The van der Waals surface area contributed by atoms with Crippen molar-refractivity contribution in [2.24, 2.45) is 0 Å². The summed E-state index contributed by atoms with van der Waals surface area (Å²) in [6.07, 6.45) is 4.09. The van der Waals surface area contributed by atoms with Gasteiger partial charge in [-0.15, -0.1) is 11.3 Å². The van der Waals surface area contributed by atoms with Crippen molar-refractivity contribution in [1.82, 2.24) is 5.32 Å². The number of hydrogen-bond acceptors (Lipinski definition) is 3. The predicted molar refractivity (Wildman–Crippen MR) is 81.5 cm³/mol. The number of carboxylic acid groups (broad SMARTS) is 1. The molecule has 20 heavy (non-hydrogen) atoms. The van der Waals surface area contributed by atoms with Gasteiger partial charge in [-0.2, -0.15) is 0 Å². The highest BCUT2D eigenvalue weighted by Gasteiger charge is 2.21. The highest BCUT2D eigenvalue weighted by molar-refractivity contribution is 7.14. The summed E-state index contributed by atoms with van der Waals surface area (Å²) in [6.45, 7) is 6.09. The number of carbonyl (C=O) groups is 2. The second kappa shape index (κ2) is 8.04. The average molecular weight is 297 g/mol. The molecule has 1 amide bonds. The van der Waals surface area contributed by atoms with Gasteiger partial charge in [0.15, 0.2) is 0 Å². The third kappa shape index (κ3) is 4.34. The number of rotatable bonds is 8. The van der Waals surface area contributed by atoms with E-state index in [-0.39, 0.29) is 5.91 Å². The van der Waals surface area contributed by atoms with E-state index in [1.807, 2.05) is 13.0 Å². The largest absolute Gasteiger partial charge is 0.480 e. The molecule has 0 fully saturated rings. The first-order valence-electron chi connectivity index (χ1n) is 7.18. The summed E-state index contributed by atoms with van der Waals surface area (Å²) in [5.41, 5.74) is 1.20. The number of nitrogens with one attached hydrogen (secondary N) is 1. The third-order valence-electron chi connectivity index (χ3n) is 3.16. The van der Waals surface area contributed by atoms with Crippen molar-refractivity contribution in [3.05, 3.63) is 21.4 Å². The average Bonchev–Trinajstić information content (AvgIpc) is 2.81. The predicted octanol–water partition coefficient (Wildman–Crippen LogP) is 3.25. The number of thiophene rings is 1. The molecule has 0 saturated heterocycles. The molecule has 4 nitrogen and oxygen atoms in total. The fourth-order valence-electron chi connectivity index (χ4n) is 2.09. The number of carboxylic acids is 1. The van der Waals surface area contributed by atoms with Gasteiger partial charge in [-0.25, -0.2) is 4.79 Å². The van der Waals surface area contributed by atoms with Gasteiger partial charge in [-0.1, -0.05) is 33.6 Å². The first-order valence-corrected chi connectivity index (χ1v) is 8.00. The van der Waals surface area contributed by atoms with Crippen molar-refractivity contribution in [3.8, 4) is 0 Å². The van der Waals surface area contributed by atoms with E-state index in [4.69, 9.17) is 5.11 Å². The molecule has 0 bridgehead atoms. The van der Waals surface area contributed by atoms with Crippen molar-refractivity contribution in [2.45, 2.75) is 58.9 Å². The standard InChI is InChI=1S/C15H23NO3S/c1-4-7-11(15(18)19)16-14(17)13-9-10(6-3)12(20-13)8-5-2/h9,11H,4-8H2,1-3H3,(H,16,17)(H,18,19)/t11-/m1/s1. The van der Waals surface area contributed by atoms with E-state index in [0.29, 0.717) is 11.3 Å². The molecule has 0 radical (unpaired) electrons. The van der Waals surface area contributed by atoms with Gasteiger partial charge < -0.3 is 10.4 Å². The van der Waals surface area contributed by atoms with Crippen molar-refractivity contribution in [1.29, 1.82) is 0 Å². The zero-order valence-electron chi connectivity index (χ0n) is 12.4. The maximum absolute atomic E-state index is 12.2. The Bertz CT molecular complexity index is 468. The van der Waals surface area contributed by atoms with E-state index in [0.717, 1.165) is 25.7 Å². The second-order valence-electron chi connectivity index (χ2n) is 4.82. The SMILES string of the molecule is CCCc1sc(C(=O)N[C@H](CCC)C(=O)O)cc1CC. The van der Waals surface area contributed by atoms with E-state index in [1.165, 1.54) is 21.8 Å². The molecule has 1 aromatic rings. The number of hydrogen-bond donors (Lipinski definition) is 2. The van der Waals surface area contributed by atoms with Crippen LogP contribution in [0.5, 0.6) is 0 Å².